The Kier molecular flexibility index (Phi) is 4.34. The summed E-state index contributed by atoms with van der Waals surface area (Å²) in [5.74, 6) is -0.410. The molecule has 3 rings (SSSR count). The molecule has 1 fully saturated rings. The Labute approximate surface area is 138 Å². The van der Waals surface area contributed by atoms with Crippen LogP contribution in [-0.2, 0) is 11.3 Å². The van der Waals surface area contributed by atoms with Crippen molar-refractivity contribution in [1.29, 1.82) is 0 Å². The molecule has 0 saturated carbocycles. The van der Waals surface area contributed by atoms with Crippen molar-refractivity contribution >= 4 is 23.2 Å². The fraction of sp³-hybridized carbons (Fsp3) is 0.312. The van der Waals surface area contributed by atoms with Crippen molar-refractivity contribution < 1.29 is 4.79 Å². The van der Waals surface area contributed by atoms with Gasteiger partial charge in [-0.15, -0.1) is 0 Å². The summed E-state index contributed by atoms with van der Waals surface area (Å²) in [4.78, 5) is 25.7. The van der Waals surface area contributed by atoms with Gasteiger partial charge in [0.1, 0.15) is 11.1 Å². The number of carbonyl (C=O) groups excluding carboxylic acids is 1. The third-order valence-corrected chi connectivity index (χ3v) is 4.39. The molecule has 1 aromatic carbocycles. The number of primary amides is 1. The highest BCUT2D eigenvalue weighted by Crippen LogP contribution is 2.29. The molecule has 6 nitrogen and oxygen atoms in total. The van der Waals surface area contributed by atoms with E-state index in [0.29, 0.717) is 25.2 Å². The fourth-order valence-corrected chi connectivity index (χ4v) is 3.13. The molecule has 0 radical (unpaired) electrons. The molecule has 1 saturated heterocycles. The maximum absolute atomic E-state index is 12.5. The molecule has 1 amide bonds. The van der Waals surface area contributed by atoms with Crippen molar-refractivity contribution in [2.75, 3.05) is 11.4 Å². The van der Waals surface area contributed by atoms with Crippen molar-refractivity contribution in [2.45, 2.75) is 25.4 Å². The van der Waals surface area contributed by atoms with Crippen LogP contribution in [0.25, 0.3) is 0 Å². The molecule has 7 heteroatoms. The minimum Gasteiger partial charge on any atom is -0.368 e. The Bertz CT molecular complexity index is 775. The highest BCUT2D eigenvalue weighted by molar-refractivity contribution is 6.33. The zero-order valence-corrected chi connectivity index (χ0v) is 13.2. The monoisotopic (exact) mass is 332 g/mol. The predicted molar refractivity (Wildman–Crippen MR) is 88.6 cm³/mol. The van der Waals surface area contributed by atoms with Crippen molar-refractivity contribution in [3.8, 4) is 0 Å². The molecule has 1 atom stereocenters. The minimum absolute atomic E-state index is 0.0732. The van der Waals surface area contributed by atoms with Gasteiger partial charge < -0.3 is 10.6 Å². The lowest BCUT2D eigenvalue weighted by atomic mass is 10.2. The maximum Gasteiger partial charge on any atom is 0.287 e. The van der Waals surface area contributed by atoms with E-state index < -0.39 is 11.9 Å². The second kappa shape index (κ2) is 6.42. The largest absolute Gasteiger partial charge is 0.368 e. The molecule has 1 aromatic heterocycles. The molecule has 2 heterocycles. The van der Waals surface area contributed by atoms with E-state index in [4.69, 9.17) is 17.3 Å². The second-order valence-corrected chi connectivity index (χ2v) is 5.92. The lowest BCUT2D eigenvalue weighted by molar-refractivity contribution is -0.119. The Morgan fingerprint density at radius 1 is 1.35 bits per heavy atom. The minimum atomic E-state index is -0.432. The van der Waals surface area contributed by atoms with Gasteiger partial charge >= 0.3 is 0 Å². The molecule has 0 aliphatic carbocycles. The average molecular weight is 333 g/mol. The van der Waals surface area contributed by atoms with Gasteiger partial charge in [-0.05, 0) is 18.4 Å². The molecule has 23 heavy (non-hydrogen) atoms. The summed E-state index contributed by atoms with van der Waals surface area (Å²) in [6.07, 6.45) is 3.03. The van der Waals surface area contributed by atoms with E-state index in [1.807, 2.05) is 30.3 Å². The molecule has 0 unspecified atom stereocenters. The third kappa shape index (κ3) is 3.07. The summed E-state index contributed by atoms with van der Waals surface area (Å²) >= 11 is 6.25. The maximum atomic E-state index is 12.5. The van der Waals surface area contributed by atoms with Crippen LogP contribution in [0.4, 0.5) is 5.69 Å². The van der Waals surface area contributed by atoms with Crippen LogP contribution in [0.2, 0.25) is 5.02 Å². The summed E-state index contributed by atoms with van der Waals surface area (Å²) in [5.41, 5.74) is 6.48. The number of aromatic nitrogens is 2. The van der Waals surface area contributed by atoms with Crippen LogP contribution in [0.5, 0.6) is 0 Å². The molecule has 1 aliphatic heterocycles. The first-order valence-corrected chi connectivity index (χ1v) is 7.81. The van der Waals surface area contributed by atoms with Crippen LogP contribution in [0, 0.1) is 0 Å². The van der Waals surface area contributed by atoms with Gasteiger partial charge in [0.15, 0.2) is 0 Å². The second-order valence-electron chi connectivity index (χ2n) is 5.55. The van der Waals surface area contributed by atoms with Gasteiger partial charge in [-0.25, -0.2) is 4.68 Å². The molecular weight excluding hydrogens is 316 g/mol. The van der Waals surface area contributed by atoms with Gasteiger partial charge in [0.2, 0.25) is 5.91 Å². The number of benzene rings is 1. The van der Waals surface area contributed by atoms with Crippen molar-refractivity contribution in [2.24, 2.45) is 5.73 Å². The SMILES string of the molecule is NC(=O)[C@@H]1CCCN1c1cnn(Cc2ccccc2)c(=O)c1Cl. The topological polar surface area (TPSA) is 81.2 Å². The van der Waals surface area contributed by atoms with Gasteiger partial charge in [0.05, 0.1) is 18.4 Å². The van der Waals surface area contributed by atoms with E-state index in [1.165, 1.54) is 10.9 Å². The normalized spacial score (nSPS) is 17.4. The Balaban J connectivity index is 1.92. The molecule has 0 bridgehead atoms. The number of halogens is 1. The van der Waals surface area contributed by atoms with Crippen LogP contribution in [-0.4, -0.2) is 28.3 Å². The molecule has 120 valence electrons. The third-order valence-electron chi connectivity index (χ3n) is 4.03. The summed E-state index contributed by atoms with van der Waals surface area (Å²) in [6.45, 7) is 0.982. The first-order valence-electron chi connectivity index (χ1n) is 7.43. The lowest BCUT2D eigenvalue weighted by Crippen LogP contribution is -2.41. The smallest absolute Gasteiger partial charge is 0.287 e. The zero-order chi connectivity index (χ0) is 16.4. The van der Waals surface area contributed by atoms with Crippen LogP contribution >= 0.6 is 11.6 Å². The van der Waals surface area contributed by atoms with E-state index in [2.05, 4.69) is 5.10 Å². The number of nitrogens with two attached hydrogens (primary N) is 1. The summed E-state index contributed by atoms with van der Waals surface area (Å²) in [5, 5.41) is 4.27. The van der Waals surface area contributed by atoms with Crippen molar-refractivity contribution in [3.05, 3.63) is 57.5 Å². The first kappa shape index (κ1) is 15.6. The van der Waals surface area contributed by atoms with Crippen molar-refractivity contribution in [3.63, 3.8) is 0 Å². The van der Waals surface area contributed by atoms with Gasteiger partial charge in [0, 0.05) is 6.54 Å². The van der Waals surface area contributed by atoms with Crippen molar-refractivity contribution in [1.82, 2.24) is 9.78 Å². The average Bonchev–Trinajstić information content (AvgIpc) is 3.03. The fourth-order valence-electron chi connectivity index (χ4n) is 2.88. The first-order chi connectivity index (χ1) is 11.1. The molecule has 2 aromatic rings. The number of rotatable bonds is 4. The predicted octanol–water partition coefficient (Wildman–Crippen LogP) is 1.40. The van der Waals surface area contributed by atoms with Crippen LogP contribution < -0.4 is 16.2 Å². The summed E-state index contributed by atoms with van der Waals surface area (Å²) < 4.78 is 1.32. The molecular formula is C16H17ClN4O2. The van der Waals surface area contributed by atoms with Crippen LogP contribution in [0.15, 0.2) is 41.3 Å². The van der Waals surface area contributed by atoms with E-state index in [1.54, 1.807) is 4.90 Å². The van der Waals surface area contributed by atoms with E-state index in [-0.39, 0.29) is 10.6 Å². The van der Waals surface area contributed by atoms with Crippen LogP contribution in [0.3, 0.4) is 0 Å². The molecule has 0 spiro atoms. The lowest BCUT2D eigenvalue weighted by Gasteiger charge is -2.24. The Hall–Kier alpha value is -2.34. The number of hydrogen-bond donors (Lipinski definition) is 1. The zero-order valence-electron chi connectivity index (χ0n) is 12.5. The summed E-state index contributed by atoms with van der Waals surface area (Å²) in [7, 11) is 0. The van der Waals surface area contributed by atoms with Gasteiger partial charge in [-0.3, -0.25) is 9.59 Å². The van der Waals surface area contributed by atoms with Gasteiger partial charge in [-0.2, -0.15) is 5.10 Å². The van der Waals surface area contributed by atoms with E-state index in [0.717, 1.165) is 12.0 Å². The van der Waals surface area contributed by atoms with Gasteiger partial charge in [0.25, 0.3) is 5.56 Å². The standard InChI is InChI=1S/C16H17ClN4O2/c17-14-13(20-8-4-7-12(20)15(18)22)9-19-21(16(14)23)10-11-5-2-1-3-6-11/h1-3,5-6,9,12H,4,7-8,10H2,(H2,18,22)/t12-/m0/s1. The quantitative estimate of drug-likeness (QED) is 0.917. The Morgan fingerprint density at radius 3 is 2.78 bits per heavy atom. The Morgan fingerprint density at radius 2 is 2.09 bits per heavy atom. The van der Waals surface area contributed by atoms with E-state index in [9.17, 15) is 9.59 Å². The number of anilines is 1. The van der Waals surface area contributed by atoms with Crippen LogP contribution in [0.1, 0.15) is 18.4 Å². The molecule has 1 aliphatic rings. The highest BCUT2D eigenvalue weighted by Gasteiger charge is 2.31. The van der Waals surface area contributed by atoms with E-state index >= 15 is 0 Å². The number of carbonyl (C=O) groups is 1. The van der Waals surface area contributed by atoms with Gasteiger partial charge in [-0.1, -0.05) is 41.9 Å². The highest BCUT2D eigenvalue weighted by atomic mass is 35.5. The number of amides is 1. The number of hydrogen-bond acceptors (Lipinski definition) is 4. The summed E-state index contributed by atoms with van der Waals surface area (Å²) in [6, 6.07) is 9.11. The molecule has 2 N–H and O–H groups in total. The number of nitrogens with zero attached hydrogens (tertiary/aromatic N) is 3.